The van der Waals surface area contributed by atoms with E-state index >= 15 is 0 Å². The number of benzene rings is 2. The van der Waals surface area contributed by atoms with Gasteiger partial charge in [0.25, 0.3) is 0 Å². The molecule has 0 spiro atoms. The number of anilines is 3. The Bertz CT molecular complexity index is 1590. The molecular weight excluding hydrogens is 499 g/mol. The fourth-order valence-electron chi connectivity index (χ4n) is 4.02. The molecule has 1 aliphatic rings. The number of fused-ring (bicyclic) bond motifs is 2. The monoisotopic (exact) mass is 519 g/mol. The summed E-state index contributed by atoms with van der Waals surface area (Å²) in [6, 6.07) is 14.2. The van der Waals surface area contributed by atoms with E-state index in [4.69, 9.17) is 9.47 Å². The van der Waals surface area contributed by atoms with Crippen molar-refractivity contribution in [3.05, 3.63) is 90.0 Å². The first-order chi connectivity index (χ1) is 18.4. The Hall–Kier alpha value is -4.87. The van der Waals surface area contributed by atoms with Crippen molar-refractivity contribution in [2.75, 3.05) is 17.4 Å². The van der Waals surface area contributed by atoms with Crippen molar-refractivity contribution in [3.8, 4) is 11.5 Å². The van der Waals surface area contributed by atoms with Crippen molar-refractivity contribution < 1.29 is 22.6 Å². The summed E-state index contributed by atoms with van der Waals surface area (Å²) in [5, 5.41) is 6.49. The molecule has 2 aromatic carbocycles. The molecule has 0 radical (unpaired) electrons. The number of halogens is 3. The normalized spacial score (nSPS) is 12.6. The number of alkyl halides is 3. The lowest BCUT2D eigenvalue weighted by molar-refractivity contribution is -0.137. The van der Waals surface area contributed by atoms with Gasteiger partial charge in [-0.3, -0.25) is 4.98 Å². The van der Waals surface area contributed by atoms with Gasteiger partial charge in [0.1, 0.15) is 0 Å². The molecule has 0 fully saturated rings. The van der Waals surface area contributed by atoms with Crippen LogP contribution < -0.4 is 20.1 Å². The summed E-state index contributed by atoms with van der Waals surface area (Å²) in [6.07, 6.45) is 0.635. The van der Waals surface area contributed by atoms with Crippen molar-refractivity contribution in [1.29, 1.82) is 0 Å². The maximum Gasteiger partial charge on any atom is 0.416 e. The first kappa shape index (κ1) is 23.5. The molecule has 38 heavy (non-hydrogen) atoms. The summed E-state index contributed by atoms with van der Waals surface area (Å²) in [6.45, 7) is 0.875. The highest BCUT2D eigenvalue weighted by Crippen LogP contribution is 2.36. The maximum atomic E-state index is 13.0. The minimum atomic E-state index is -4.39. The Balaban J connectivity index is 1.34. The molecule has 6 rings (SSSR count). The lowest BCUT2D eigenvalue weighted by Gasteiger charge is -2.12. The molecule has 2 N–H and O–H groups in total. The zero-order valence-electron chi connectivity index (χ0n) is 19.7. The van der Waals surface area contributed by atoms with Crippen molar-refractivity contribution in [1.82, 2.24) is 24.5 Å². The van der Waals surface area contributed by atoms with E-state index in [1.54, 1.807) is 35.4 Å². The number of hydrogen-bond donors (Lipinski definition) is 2. The number of hydrogen-bond acceptors (Lipinski definition) is 8. The predicted molar refractivity (Wildman–Crippen MR) is 133 cm³/mol. The van der Waals surface area contributed by atoms with Gasteiger partial charge in [-0.1, -0.05) is 18.2 Å². The van der Waals surface area contributed by atoms with E-state index < -0.39 is 11.7 Å². The third-order valence-corrected chi connectivity index (χ3v) is 5.91. The fourth-order valence-corrected chi connectivity index (χ4v) is 4.02. The van der Waals surface area contributed by atoms with Crippen LogP contribution in [0.1, 0.15) is 16.7 Å². The number of pyridine rings is 1. The highest BCUT2D eigenvalue weighted by molar-refractivity contribution is 5.87. The van der Waals surface area contributed by atoms with Crippen LogP contribution in [0, 0.1) is 0 Å². The quantitative estimate of drug-likeness (QED) is 0.296. The Morgan fingerprint density at radius 2 is 1.79 bits per heavy atom. The topological polar surface area (TPSA) is 99.0 Å². The largest absolute Gasteiger partial charge is 0.454 e. The highest BCUT2D eigenvalue weighted by atomic mass is 19.4. The van der Waals surface area contributed by atoms with Crippen LogP contribution >= 0.6 is 0 Å². The van der Waals surface area contributed by atoms with Crippen LogP contribution in [-0.4, -0.2) is 31.3 Å². The average molecular weight is 519 g/mol. The van der Waals surface area contributed by atoms with Gasteiger partial charge in [-0.05, 0) is 41.5 Å². The lowest BCUT2D eigenvalue weighted by Crippen LogP contribution is -2.08. The van der Waals surface area contributed by atoms with Crippen LogP contribution in [0.3, 0.4) is 0 Å². The number of ether oxygens (including phenoxy) is 2. The van der Waals surface area contributed by atoms with E-state index in [0.29, 0.717) is 52.2 Å². The minimum Gasteiger partial charge on any atom is -0.454 e. The van der Waals surface area contributed by atoms with E-state index in [0.717, 1.165) is 17.7 Å². The maximum absolute atomic E-state index is 13.0. The third-order valence-electron chi connectivity index (χ3n) is 5.91. The molecule has 12 heteroatoms. The van der Waals surface area contributed by atoms with Crippen LogP contribution in [0.15, 0.2) is 73.3 Å². The smallest absolute Gasteiger partial charge is 0.416 e. The molecule has 0 saturated heterocycles. The van der Waals surface area contributed by atoms with E-state index in [1.807, 2.05) is 18.2 Å². The summed E-state index contributed by atoms with van der Waals surface area (Å²) in [5.41, 5.74) is 2.64. The second kappa shape index (κ2) is 9.54. The van der Waals surface area contributed by atoms with Crippen LogP contribution in [0.25, 0.3) is 11.2 Å². The van der Waals surface area contributed by atoms with Gasteiger partial charge < -0.3 is 24.7 Å². The molecule has 1 aliphatic heterocycles. The van der Waals surface area contributed by atoms with E-state index in [1.165, 1.54) is 12.1 Å². The molecule has 9 nitrogen and oxygen atoms in total. The van der Waals surface area contributed by atoms with Gasteiger partial charge in [-0.15, -0.1) is 0 Å². The Morgan fingerprint density at radius 1 is 0.947 bits per heavy atom. The molecule has 0 saturated carbocycles. The predicted octanol–water partition coefficient (Wildman–Crippen LogP) is 5.37. The highest BCUT2D eigenvalue weighted by Gasteiger charge is 2.30. The van der Waals surface area contributed by atoms with Crippen molar-refractivity contribution in [2.45, 2.75) is 19.3 Å². The number of nitrogens with one attached hydrogen (secondary N) is 2. The van der Waals surface area contributed by atoms with Crippen LogP contribution in [0.5, 0.6) is 11.5 Å². The van der Waals surface area contributed by atoms with Gasteiger partial charge in [-0.2, -0.15) is 23.1 Å². The molecule has 5 aromatic rings. The Labute approximate surface area is 214 Å². The molecule has 3 aromatic heterocycles. The summed E-state index contributed by atoms with van der Waals surface area (Å²) in [7, 11) is 0. The second-order valence-corrected chi connectivity index (χ2v) is 8.54. The molecule has 0 aliphatic carbocycles. The van der Waals surface area contributed by atoms with E-state index in [9.17, 15) is 13.2 Å². The summed E-state index contributed by atoms with van der Waals surface area (Å²) in [5.74, 6) is 2.07. The van der Waals surface area contributed by atoms with Crippen molar-refractivity contribution >= 4 is 28.6 Å². The lowest BCUT2D eigenvalue weighted by atomic mass is 10.1. The van der Waals surface area contributed by atoms with Crippen molar-refractivity contribution in [2.24, 2.45) is 0 Å². The molecule has 0 atom stereocenters. The molecular formula is C26H20F3N7O2. The standard InChI is InChI=1S/C26H20F3N7O2/c27-26(28,29)18-5-3-16(4-6-18)13-36-14-32-22-23(33-19-7-8-20-21(10-19)38-15-37-20)34-25(35-24(22)36)31-12-17-2-1-9-30-11-17/h1-11,14H,12-13,15H2,(H2,31,33,34,35). The minimum absolute atomic E-state index is 0.160. The zero-order chi connectivity index (χ0) is 26.1. The van der Waals surface area contributed by atoms with Gasteiger partial charge in [-0.25, -0.2) is 4.98 Å². The molecule has 0 amide bonds. The van der Waals surface area contributed by atoms with Crippen LogP contribution in [0.4, 0.5) is 30.6 Å². The van der Waals surface area contributed by atoms with Gasteiger partial charge in [0.05, 0.1) is 18.4 Å². The summed E-state index contributed by atoms with van der Waals surface area (Å²) in [4.78, 5) is 17.9. The molecule has 0 bridgehead atoms. The first-order valence-corrected chi connectivity index (χ1v) is 11.6. The van der Waals surface area contributed by atoms with E-state index in [2.05, 4.69) is 30.6 Å². The van der Waals surface area contributed by atoms with E-state index in [-0.39, 0.29) is 13.3 Å². The summed E-state index contributed by atoms with van der Waals surface area (Å²) < 4.78 is 51.5. The Morgan fingerprint density at radius 3 is 2.58 bits per heavy atom. The zero-order valence-corrected chi connectivity index (χ0v) is 19.7. The van der Waals surface area contributed by atoms with Crippen LogP contribution in [0.2, 0.25) is 0 Å². The third kappa shape index (κ3) is 4.88. The van der Waals surface area contributed by atoms with Gasteiger partial charge in [0, 0.05) is 30.7 Å². The summed E-state index contributed by atoms with van der Waals surface area (Å²) >= 11 is 0. The molecule has 4 heterocycles. The Kier molecular flexibility index (Phi) is 5.91. The number of nitrogens with zero attached hydrogens (tertiary/aromatic N) is 5. The second-order valence-electron chi connectivity index (χ2n) is 8.54. The number of rotatable bonds is 7. The van der Waals surface area contributed by atoms with Crippen molar-refractivity contribution in [3.63, 3.8) is 0 Å². The molecule has 192 valence electrons. The average Bonchev–Trinajstić information content (AvgIpc) is 3.55. The van der Waals surface area contributed by atoms with Gasteiger partial charge in [0.2, 0.25) is 12.7 Å². The van der Waals surface area contributed by atoms with Crippen LogP contribution in [-0.2, 0) is 19.3 Å². The van der Waals surface area contributed by atoms with Gasteiger partial charge >= 0.3 is 6.18 Å². The van der Waals surface area contributed by atoms with Gasteiger partial charge in [0.15, 0.2) is 28.5 Å². The first-order valence-electron chi connectivity index (χ1n) is 11.6. The number of aromatic nitrogens is 5. The SMILES string of the molecule is FC(F)(F)c1ccc(Cn2cnc3c(Nc4ccc5c(c4)OCO5)nc(NCc4cccnc4)nc32)cc1. The molecule has 0 unspecified atom stereocenters. The fraction of sp³-hybridized carbons (Fsp3) is 0.154. The number of imidazole rings is 1.